The molecule has 0 aliphatic carbocycles. The fourth-order valence-electron chi connectivity index (χ4n) is 2.13. The minimum atomic E-state index is -0.0120. The van der Waals surface area contributed by atoms with Gasteiger partial charge in [-0.25, -0.2) is 0 Å². The number of para-hydroxylation sites is 1. The van der Waals surface area contributed by atoms with E-state index in [0.717, 1.165) is 17.7 Å². The molecule has 0 spiro atoms. The van der Waals surface area contributed by atoms with Crippen molar-refractivity contribution in [3.05, 3.63) is 29.8 Å². The Balaban J connectivity index is 1.78. The van der Waals surface area contributed by atoms with Crippen LogP contribution < -0.4 is 20.5 Å². The number of nitrogens with zero attached hydrogens (tertiary/aromatic N) is 3. The number of anilines is 2. The number of fused-ring (bicyclic) bond motifs is 1. The second-order valence-electron chi connectivity index (χ2n) is 4.69. The number of hydrogen-bond acceptors (Lipinski definition) is 7. The molecule has 1 aromatic heterocycles. The maximum atomic E-state index is 5.69. The highest BCUT2D eigenvalue weighted by molar-refractivity contribution is 5.44. The van der Waals surface area contributed by atoms with Gasteiger partial charge in [0.05, 0.1) is 12.6 Å². The van der Waals surface area contributed by atoms with Crippen LogP contribution in [-0.2, 0) is 0 Å². The van der Waals surface area contributed by atoms with Crippen molar-refractivity contribution in [1.29, 1.82) is 0 Å². The number of ether oxygens (including phenoxy) is 2. The van der Waals surface area contributed by atoms with E-state index in [1.54, 1.807) is 0 Å². The van der Waals surface area contributed by atoms with Gasteiger partial charge in [-0.3, -0.25) is 0 Å². The second-order valence-corrected chi connectivity index (χ2v) is 4.69. The Morgan fingerprint density at radius 3 is 3.05 bits per heavy atom. The molecular formula is C14H17N5O2. The van der Waals surface area contributed by atoms with Gasteiger partial charge in [0.2, 0.25) is 11.9 Å². The molecule has 3 N–H and O–H groups in total. The smallest absolute Gasteiger partial charge is 0.323 e. The van der Waals surface area contributed by atoms with Crippen LogP contribution in [0.15, 0.2) is 24.3 Å². The Bertz CT molecular complexity index is 635. The summed E-state index contributed by atoms with van der Waals surface area (Å²) in [5, 5.41) is 3.21. The number of aromatic nitrogens is 3. The van der Waals surface area contributed by atoms with Gasteiger partial charge in [0.25, 0.3) is 0 Å². The molecule has 1 aliphatic rings. The molecule has 0 radical (unpaired) electrons. The maximum absolute atomic E-state index is 5.69. The van der Waals surface area contributed by atoms with Gasteiger partial charge >= 0.3 is 6.01 Å². The first-order valence-electron chi connectivity index (χ1n) is 6.89. The average Bonchev–Trinajstić information content (AvgIpc) is 2.88. The molecule has 0 saturated heterocycles. The fraction of sp³-hybridized carbons (Fsp3) is 0.357. The maximum Gasteiger partial charge on any atom is 0.323 e. The first-order chi connectivity index (χ1) is 10.3. The van der Waals surface area contributed by atoms with Gasteiger partial charge in [0.1, 0.15) is 12.4 Å². The molecule has 0 bridgehead atoms. The molecule has 7 heteroatoms. The number of rotatable bonds is 5. The number of hydrogen-bond donors (Lipinski definition) is 2. The van der Waals surface area contributed by atoms with E-state index in [-0.39, 0.29) is 18.0 Å². The van der Waals surface area contributed by atoms with E-state index in [1.807, 2.05) is 31.2 Å². The number of nitrogen functional groups attached to an aromatic ring is 1. The summed E-state index contributed by atoms with van der Waals surface area (Å²) in [5.74, 6) is 1.39. The third kappa shape index (κ3) is 2.96. The summed E-state index contributed by atoms with van der Waals surface area (Å²) in [7, 11) is 0. The van der Waals surface area contributed by atoms with E-state index in [2.05, 4.69) is 20.3 Å². The molecule has 1 atom stereocenters. The molecule has 0 amide bonds. The molecule has 3 rings (SSSR count). The van der Waals surface area contributed by atoms with Crippen LogP contribution in [-0.4, -0.2) is 28.2 Å². The fourth-order valence-corrected chi connectivity index (χ4v) is 2.13. The molecule has 7 nitrogen and oxygen atoms in total. The van der Waals surface area contributed by atoms with Gasteiger partial charge in [-0.05, 0) is 12.5 Å². The van der Waals surface area contributed by atoms with Gasteiger partial charge in [-0.2, -0.15) is 15.0 Å². The van der Waals surface area contributed by atoms with E-state index in [1.165, 1.54) is 0 Å². The Hall–Kier alpha value is -2.57. The van der Waals surface area contributed by atoms with E-state index in [0.29, 0.717) is 19.2 Å². The molecule has 110 valence electrons. The summed E-state index contributed by atoms with van der Waals surface area (Å²) in [4.78, 5) is 12.3. The van der Waals surface area contributed by atoms with E-state index in [4.69, 9.17) is 15.2 Å². The third-order valence-corrected chi connectivity index (χ3v) is 3.07. The topological polar surface area (TPSA) is 95.2 Å². The van der Waals surface area contributed by atoms with Gasteiger partial charge in [-0.15, -0.1) is 0 Å². The summed E-state index contributed by atoms with van der Waals surface area (Å²) in [6.07, 6.45) is 0.873. The van der Waals surface area contributed by atoms with Gasteiger partial charge < -0.3 is 20.5 Å². The van der Waals surface area contributed by atoms with E-state index in [9.17, 15) is 0 Å². The lowest BCUT2D eigenvalue weighted by atomic mass is 10.1. The summed E-state index contributed by atoms with van der Waals surface area (Å²) in [6, 6.07) is 8.09. The van der Waals surface area contributed by atoms with Crippen LogP contribution in [0.4, 0.5) is 11.9 Å². The normalized spacial score (nSPS) is 16.1. The molecule has 0 saturated carbocycles. The van der Waals surface area contributed by atoms with Crippen molar-refractivity contribution in [3.63, 3.8) is 0 Å². The predicted molar refractivity (Wildman–Crippen MR) is 78.3 cm³/mol. The Morgan fingerprint density at radius 1 is 1.33 bits per heavy atom. The Kier molecular flexibility index (Phi) is 3.72. The first kappa shape index (κ1) is 13.4. The van der Waals surface area contributed by atoms with Crippen molar-refractivity contribution in [2.75, 3.05) is 24.3 Å². The highest BCUT2D eigenvalue weighted by Gasteiger charge is 2.24. The largest absolute Gasteiger partial charge is 0.491 e. The zero-order valence-corrected chi connectivity index (χ0v) is 11.7. The van der Waals surface area contributed by atoms with E-state index < -0.39 is 0 Å². The summed E-state index contributed by atoms with van der Waals surface area (Å²) in [5.41, 5.74) is 6.76. The van der Waals surface area contributed by atoms with Crippen LogP contribution in [0.2, 0.25) is 0 Å². The number of benzene rings is 1. The SMILES string of the molecule is CCCOc1nc(N)nc(NC2COc3ccccc32)n1. The lowest BCUT2D eigenvalue weighted by Gasteiger charge is -2.12. The molecule has 1 aliphatic heterocycles. The molecule has 0 fully saturated rings. The molecule has 21 heavy (non-hydrogen) atoms. The van der Waals surface area contributed by atoms with Crippen molar-refractivity contribution in [3.8, 4) is 11.8 Å². The minimum Gasteiger partial charge on any atom is -0.491 e. The lowest BCUT2D eigenvalue weighted by molar-refractivity contribution is 0.292. The van der Waals surface area contributed by atoms with Crippen LogP contribution in [0.3, 0.4) is 0 Å². The first-order valence-corrected chi connectivity index (χ1v) is 6.89. The Labute approximate surface area is 122 Å². The van der Waals surface area contributed by atoms with Crippen molar-refractivity contribution in [2.45, 2.75) is 19.4 Å². The predicted octanol–water partition coefficient (Wildman–Crippen LogP) is 1.79. The molecule has 1 unspecified atom stereocenters. The highest BCUT2D eigenvalue weighted by atomic mass is 16.5. The highest BCUT2D eigenvalue weighted by Crippen LogP contribution is 2.33. The van der Waals surface area contributed by atoms with Crippen LogP contribution in [0.25, 0.3) is 0 Å². The quantitative estimate of drug-likeness (QED) is 0.865. The summed E-state index contributed by atoms with van der Waals surface area (Å²) < 4.78 is 11.0. The van der Waals surface area contributed by atoms with Gasteiger partial charge in [0.15, 0.2) is 0 Å². The van der Waals surface area contributed by atoms with Gasteiger partial charge in [-0.1, -0.05) is 25.1 Å². The third-order valence-electron chi connectivity index (χ3n) is 3.07. The van der Waals surface area contributed by atoms with Crippen molar-refractivity contribution in [1.82, 2.24) is 15.0 Å². The Morgan fingerprint density at radius 2 is 2.19 bits per heavy atom. The van der Waals surface area contributed by atoms with Crippen molar-refractivity contribution in [2.24, 2.45) is 0 Å². The lowest BCUT2D eigenvalue weighted by Crippen LogP contribution is -2.16. The molecule has 2 aromatic rings. The van der Waals surface area contributed by atoms with Crippen LogP contribution in [0.1, 0.15) is 24.9 Å². The van der Waals surface area contributed by atoms with Crippen molar-refractivity contribution >= 4 is 11.9 Å². The molecule has 1 aromatic carbocycles. The monoisotopic (exact) mass is 287 g/mol. The second kappa shape index (κ2) is 5.82. The summed E-state index contributed by atoms with van der Waals surface area (Å²) >= 11 is 0. The zero-order chi connectivity index (χ0) is 14.7. The van der Waals surface area contributed by atoms with E-state index >= 15 is 0 Å². The number of nitrogens with one attached hydrogen (secondary N) is 1. The number of nitrogens with two attached hydrogens (primary N) is 1. The molecule has 2 heterocycles. The van der Waals surface area contributed by atoms with Crippen LogP contribution >= 0.6 is 0 Å². The zero-order valence-electron chi connectivity index (χ0n) is 11.7. The molecular weight excluding hydrogens is 270 g/mol. The van der Waals surface area contributed by atoms with Gasteiger partial charge in [0, 0.05) is 5.56 Å². The van der Waals surface area contributed by atoms with Crippen LogP contribution in [0, 0.1) is 0 Å². The van der Waals surface area contributed by atoms with Crippen LogP contribution in [0.5, 0.6) is 11.8 Å². The summed E-state index contributed by atoms with van der Waals surface area (Å²) in [6.45, 7) is 3.07. The van der Waals surface area contributed by atoms with Crippen molar-refractivity contribution < 1.29 is 9.47 Å². The standard InChI is InChI=1S/C14H17N5O2/c1-2-7-20-14-18-12(15)17-13(19-14)16-10-8-21-11-6-4-3-5-9(10)11/h3-6,10H,2,7-8H2,1H3,(H3,15,16,17,18,19). The minimum absolute atomic E-state index is 0.0120. The average molecular weight is 287 g/mol.